The van der Waals surface area contributed by atoms with Crippen LogP contribution < -0.4 is 10.1 Å². The molecule has 0 aromatic heterocycles. The van der Waals surface area contributed by atoms with E-state index in [9.17, 15) is 4.79 Å². The Morgan fingerprint density at radius 1 is 1.44 bits per heavy atom. The van der Waals surface area contributed by atoms with Crippen molar-refractivity contribution in [3.63, 3.8) is 0 Å². The van der Waals surface area contributed by atoms with E-state index in [1.165, 1.54) is 0 Å². The Labute approximate surface area is 95.8 Å². The molecule has 3 heteroatoms. The predicted molar refractivity (Wildman–Crippen MR) is 62.6 cm³/mol. The number of nitrogens with one attached hydrogen (secondary N) is 1. The minimum atomic E-state index is -0.410. The standard InChI is InChI=1S/C13H17NO2/c1-13(7-4-8-14-12(13)15)10-5-3-6-11(9-10)16-2/h3,5-6,9H,4,7-8H2,1-2H3,(H,14,15). The molecule has 1 aliphatic heterocycles. The van der Waals surface area contributed by atoms with E-state index in [0.29, 0.717) is 0 Å². The molecule has 1 heterocycles. The van der Waals surface area contributed by atoms with Gasteiger partial charge in [0.25, 0.3) is 0 Å². The molecule has 1 N–H and O–H groups in total. The molecular formula is C13H17NO2. The second kappa shape index (κ2) is 4.16. The first kappa shape index (κ1) is 11.0. The van der Waals surface area contributed by atoms with Crippen molar-refractivity contribution in [1.82, 2.24) is 5.32 Å². The van der Waals surface area contributed by atoms with Crippen molar-refractivity contribution in [2.24, 2.45) is 0 Å². The quantitative estimate of drug-likeness (QED) is 0.824. The summed E-state index contributed by atoms with van der Waals surface area (Å²) in [5, 5.41) is 2.93. The van der Waals surface area contributed by atoms with Gasteiger partial charge in [-0.3, -0.25) is 4.79 Å². The summed E-state index contributed by atoms with van der Waals surface area (Å²) in [5.74, 6) is 0.920. The van der Waals surface area contributed by atoms with Crippen LogP contribution in [0.4, 0.5) is 0 Å². The Morgan fingerprint density at radius 3 is 2.94 bits per heavy atom. The van der Waals surface area contributed by atoms with Gasteiger partial charge in [-0.1, -0.05) is 12.1 Å². The average Bonchev–Trinajstić information content (AvgIpc) is 2.33. The van der Waals surface area contributed by atoms with Crippen molar-refractivity contribution < 1.29 is 9.53 Å². The second-order valence-corrected chi connectivity index (χ2v) is 4.42. The highest BCUT2D eigenvalue weighted by Gasteiger charge is 2.37. The van der Waals surface area contributed by atoms with Crippen molar-refractivity contribution in [3.05, 3.63) is 29.8 Å². The van der Waals surface area contributed by atoms with E-state index < -0.39 is 5.41 Å². The molecule has 1 fully saturated rings. The smallest absolute Gasteiger partial charge is 0.230 e. The molecule has 0 radical (unpaired) electrons. The van der Waals surface area contributed by atoms with Crippen LogP contribution in [0, 0.1) is 0 Å². The van der Waals surface area contributed by atoms with Crippen molar-refractivity contribution in [2.75, 3.05) is 13.7 Å². The summed E-state index contributed by atoms with van der Waals surface area (Å²) < 4.78 is 5.19. The van der Waals surface area contributed by atoms with Gasteiger partial charge in [-0.2, -0.15) is 0 Å². The highest BCUT2D eigenvalue weighted by atomic mass is 16.5. The van der Waals surface area contributed by atoms with Gasteiger partial charge in [-0.25, -0.2) is 0 Å². The van der Waals surface area contributed by atoms with Gasteiger partial charge in [0.15, 0.2) is 0 Å². The van der Waals surface area contributed by atoms with Crippen molar-refractivity contribution in [2.45, 2.75) is 25.2 Å². The minimum Gasteiger partial charge on any atom is -0.497 e. The lowest BCUT2D eigenvalue weighted by molar-refractivity contribution is -0.128. The fourth-order valence-corrected chi connectivity index (χ4v) is 2.19. The van der Waals surface area contributed by atoms with Gasteiger partial charge in [-0.05, 0) is 37.5 Å². The van der Waals surface area contributed by atoms with Crippen LogP contribution in [0.15, 0.2) is 24.3 Å². The van der Waals surface area contributed by atoms with Crippen LogP contribution in [0.3, 0.4) is 0 Å². The number of amides is 1. The summed E-state index contributed by atoms with van der Waals surface area (Å²) in [6, 6.07) is 7.77. The second-order valence-electron chi connectivity index (χ2n) is 4.42. The maximum Gasteiger partial charge on any atom is 0.230 e. The zero-order chi connectivity index (χ0) is 11.6. The van der Waals surface area contributed by atoms with E-state index in [2.05, 4.69) is 5.32 Å². The molecule has 2 rings (SSSR count). The Hall–Kier alpha value is -1.51. The van der Waals surface area contributed by atoms with Gasteiger partial charge in [0.05, 0.1) is 12.5 Å². The van der Waals surface area contributed by atoms with Crippen molar-refractivity contribution in [1.29, 1.82) is 0 Å². The third-order valence-corrected chi connectivity index (χ3v) is 3.35. The van der Waals surface area contributed by atoms with Gasteiger partial charge in [-0.15, -0.1) is 0 Å². The summed E-state index contributed by atoms with van der Waals surface area (Å²) in [4.78, 5) is 12.0. The molecule has 1 amide bonds. The normalized spacial score (nSPS) is 25.0. The van der Waals surface area contributed by atoms with Crippen LogP contribution in [-0.4, -0.2) is 19.6 Å². The summed E-state index contributed by atoms with van der Waals surface area (Å²) in [7, 11) is 1.64. The van der Waals surface area contributed by atoms with Crippen molar-refractivity contribution >= 4 is 5.91 Å². The molecular weight excluding hydrogens is 202 g/mol. The van der Waals surface area contributed by atoms with Gasteiger partial charge in [0, 0.05) is 6.54 Å². The number of methoxy groups -OCH3 is 1. The van der Waals surface area contributed by atoms with E-state index >= 15 is 0 Å². The van der Waals surface area contributed by atoms with Crippen LogP contribution in [0.1, 0.15) is 25.3 Å². The van der Waals surface area contributed by atoms with Crippen LogP contribution >= 0.6 is 0 Å². The molecule has 1 atom stereocenters. The number of piperidine rings is 1. The molecule has 16 heavy (non-hydrogen) atoms. The molecule has 3 nitrogen and oxygen atoms in total. The fraction of sp³-hybridized carbons (Fsp3) is 0.462. The van der Waals surface area contributed by atoms with E-state index in [0.717, 1.165) is 30.7 Å². The zero-order valence-electron chi connectivity index (χ0n) is 9.75. The van der Waals surface area contributed by atoms with Gasteiger partial charge < -0.3 is 10.1 Å². The van der Waals surface area contributed by atoms with Gasteiger partial charge >= 0.3 is 0 Å². The zero-order valence-corrected chi connectivity index (χ0v) is 9.75. The minimum absolute atomic E-state index is 0.118. The maximum absolute atomic E-state index is 12.0. The fourth-order valence-electron chi connectivity index (χ4n) is 2.19. The van der Waals surface area contributed by atoms with E-state index in [1.54, 1.807) is 7.11 Å². The van der Waals surface area contributed by atoms with E-state index in [1.807, 2.05) is 31.2 Å². The lowest BCUT2D eigenvalue weighted by Crippen LogP contribution is -2.46. The van der Waals surface area contributed by atoms with E-state index in [4.69, 9.17) is 4.74 Å². The molecule has 0 spiro atoms. The SMILES string of the molecule is COc1cccc(C2(C)CCCNC2=O)c1. The molecule has 1 aromatic rings. The highest BCUT2D eigenvalue weighted by Crippen LogP contribution is 2.33. The monoisotopic (exact) mass is 219 g/mol. The Balaban J connectivity index is 2.37. The summed E-state index contributed by atoms with van der Waals surface area (Å²) >= 11 is 0. The van der Waals surface area contributed by atoms with Gasteiger partial charge in [0.2, 0.25) is 5.91 Å². The molecule has 0 aliphatic carbocycles. The molecule has 1 unspecified atom stereocenters. The predicted octanol–water partition coefficient (Wildman–Crippen LogP) is 1.86. The number of ether oxygens (including phenoxy) is 1. The molecule has 86 valence electrons. The number of benzene rings is 1. The average molecular weight is 219 g/mol. The first-order valence-corrected chi connectivity index (χ1v) is 5.59. The summed E-state index contributed by atoms with van der Waals surface area (Å²) in [5.41, 5.74) is 0.622. The Kier molecular flexibility index (Phi) is 2.86. The first-order valence-electron chi connectivity index (χ1n) is 5.59. The molecule has 0 bridgehead atoms. The number of hydrogen-bond acceptors (Lipinski definition) is 2. The summed E-state index contributed by atoms with van der Waals surface area (Å²) in [6.45, 7) is 2.79. The first-order chi connectivity index (χ1) is 7.66. The number of rotatable bonds is 2. The van der Waals surface area contributed by atoms with E-state index in [-0.39, 0.29) is 5.91 Å². The highest BCUT2D eigenvalue weighted by molar-refractivity contribution is 5.88. The van der Waals surface area contributed by atoms with Crippen LogP contribution in [-0.2, 0) is 10.2 Å². The molecule has 1 aromatic carbocycles. The third-order valence-electron chi connectivity index (χ3n) is 3.35. The van der Waals surface area contributed by atoms with Gasteiger partial charge in [0.1, 0.15) is 5.75 Å². The molecule has 1 aliphatic rings. The van der Waals surface area contributed by atoms with Crippen molar-refractivity contribution in [3.8, 4) is 5.75 Å². The number of carbonyl (C=O) groups is 1. The number of carbonyl (C=O) groups excluding carboxylic acids is 1. The largest absolute Gasteiger partial charge is 0.497 e. The Bertz CT molecular complexity index is 403. The lowest BCUT2D eigenvalue weighted by Gasteiger charge is -2.33. The third kappa shape index (κ3) is 1.77. The van der Waals surface area contributed by atoms with Crippen LogP contribution in [0.2, 0.25) is 0 Å². The topological polar surface area (TPSA) is 38.3 Å². The van der Waals surface area contributed by atoms with Crippen LogP contribution in [0.5, 0.6) is 5.75 Å². The summed E-state index contributed by atoms with van der Waals surface area (Å²) in [6.07, 6.45) is 1.92. The maximum atomic E-state index is 12.0. The number of hydrogen-bond donors (Lipinski definition) is 1. The lowest BCUT2D eigenvalue weighted by atomic mass is 9.76. The Morgan fingerprint density at radius 2 is 2.25 bits per heavy atom. The molecule has 0 saturated carbocycles. The van der Waals surface area contributed by atoms with Crippen LogP contribution in [0.25, 0.3) is 0 Å². The molecule has 1 saturated heterocycles.